The fraction of sp³-hybridized carbons (Fsp3) is 0.353. The van der Waals surface area contributed by atoms with Crippen LogP contribution < -0.4 is 11.3 Å². The molecule has 22 heavy (non-hydrogen) atoms. The molecule has 2 heterocycles. The van der Waals surface area contributed by atoms with Crippen molar-refractivity contribution in [2.75, 3.05) is 6.61 Å². The zero-order chi connectivity index (χ0) is 15.5. The second-order valence-corrected chi connectivity index (χ2v) is 5.59. The van der Waals surface area contributed by atoms with Crippen LogP contribution in [0.15, 0.2) is 47.4 Å². The molecule has 2 unspecified atom stereocenters. The van der Waals surface area contributed by atoms with E-state index in [-0.39, 0.29) is 17.5 Å². The summed E-state index contributed by atoms with van der Waals surface area (Å²) < 4.78 is 20.2. The van der Waals surface area contributed by atoms with Crippen LogP contribution in [0.25, 0.3) is 0 Å². The van der Waals surface area contributed by atoms with Gasteiger partial charge >= 0.3 is 0 Å². The first-order chi connectivity index (χ1) is 10.6. The minimum absolute atomic E-state index is 0.0926. The quantitative estimate of drug-likeness (QED) is 0.942. The van der Waals surface area contributed by atoms with Crippen LogP contribution in [-0.4, -0.2) is 17.3 Å². The number of rotatable bonds is 4. The van der Waals surface area contributed by atoms with Crippen LogP contribution in [-0.2, 0) is 11.3 Å². The van der Waals surface area contributed by atoms with Gasteiger partial charge in [0.25, 0.3) is 5.56 Å². The van der Waals surface area contributed by atoms with Crippen molar-refractivity contribution in [1.82, 2.24) is 4.57 Å². The molecule has 0 aliphatic carbocycles. The van der Waals surface area contributed by atoms with Crippen molar-refractivity contribution in [2.24, 2.45) is 5.73 Å². The number of pyridine rings is 1. The summed E-state index contributed by atoms with van der Waals surface area (Å²) in [6.45, 7) is 1.30. The van der Waals surface area contributed by atoms with Crippen molar-refractivity contribution in [2.45, 2.75) is 31.5 Å². The van der Waals surface area contributed by atoms with Gasteiger partial charge in [0.1, 0.15) is 5.82 Å². The summed E-state index contributed by atoms with van der Waals surface area (Å²) in [5, 5.41) is 0. The van der Waals surface area contributed by atoms with Crippen LogP contribution in [0.1, 0.15) is 30.0 Å². The van der Waals surface area contributed by atoms with Crippen LogP contribution >= 0.6 is 0 Å². The van der Waals surface area contributed by atoms with Gasteiger partial charge in [-0.3, -0.25) is 4.79 Å². The highest BCUT2D eigenvalue weighted by Crippen LogP contribution is 2.18. The van der Waals surface area contributed by atoms with E-state index in [9.17, 15) is 9.18 Å². The first-order valence-corrected chi connectivity index (χ1v) is 7.47. The Morgan fingerprint density at radius 1 is 1.32 bits per heavy atom. The Hall–Kier alpha value is -1.98. The van der Waals surface area contributed by atoms with E-state index < -0.39 is 6.04 Å². The second-order valence-electron chi connectivity index (χ2n) is 5.59. The first-order valence-electron chi connectivity index (χ1n) is 7.47. The van der Waals surface area contributed by atoms with Gasteiger partial charge in [0.15, 0.2) is 0 Å². The highest BCUT2D eigenvalue weighted by Gasteiger charge is 2.19. The molecular weight excluding hydrogens is 283 g/mol. The van der Waals surface area contributed by atoms with Gasteiger partial charge in [-0.05, 0) is 36.6 Å². The lowest BCUT2D eigenvalue weighted by molar-refractivity contribution is 0.0961. The van der Waals surface area contributed by atoms with Gasteiger partial charge in [0.05, 0.1) is 18.7 Å². The predicted octanol–water partition coefficient (Wildman–Crippen LogP) is 2.21. The summed E-state index contributed by atoms with van der Waals surface area (Å²) >= 11 is 0. The van der Waals surface area contributed by atoms with E-state index in [1.165, 1.54) is 12.1 Å². The topological polar surface area (TPSA) is 57.2 Å². The monoisotopic (exact) mass is 302 g/mol. The third kappa shape index (κ3) is 3.10. The summed E-state index contributed by atoms with van der Waals surface area (Å²) in [4.78, 5) is 12.6. The first kappa shape index (κ1) is 14.9. The van der Waals surface area contributed by atoms with Gasteiger partial charge in [0, 0.05) is 18.4 Å². The lowest BCUT2D eigenvalue weighted by Gasteiger charge is -2.16. The number of aromatic nitrogens is 1. The summed E-state index contributed by atoms with van der Waals surface area (Å²) in [6, 6.07) is 8.89. The van der Waals surface area contributed by atoms with E-state index in [0.29, 0.717) is 17.7 Å². The Kier molecular flexibility index (Phi) is 4.36. The lowest BCUT2D eigenvalue weighted by atomic mass is 10.0. The molecule has 2 atom stereocenters. The highest BCUT2D eigenvalue weighted by molar-refractivity contribution is 5.29. The van der Waals surface area contributed by atoms with Crippen LogP contribution in [0.4, 0.5) is 4.39 Å². The largest absolute Gasteiger partial charge is 0.376 e. The predicted molar refractivity (Wildman–Crippen MR) is 82.1 cm³/mol. The van der Waals surface area contributed by atoms with Crippen molar-refractivity contribution in [3.63, 3.8) is 0 Å². The summed E-state index contributed by atoms with van der Waals surface area (Å²) in [6.07, 6.45) is 3.86. The minimum Gasteiger partial charge on any atom is -0.376 e. The van der Waals surface area contributed by atoms with E-state index in [2.05, 4.69) is 0 Å². The molecule has 2 aromatic rings. The molecule has 4 nitrogen and oxygen atoms in total. The Morgan fingerprint density at radius 3 is 2.77 bits per heavy atom. The summed E-state index contributed by atoms with van der Waals surface area (Å²) in [5.74, 6) is -0.320. The number of nitrogens with two attached hydrogens (primary N) is 1. The van der Waals surface area contributed by atoms with Crippen LogP contribution in [0.2, 0.25) is 0 Å². The van der Waals surface area contributed by atoms with E-state index >= 15 is 0 Å². The standard InChI is InChI=1S/C17H19FN2O2/c18-13-7-5-12(6-8-13)16(19)15-4-1-9-20(17(15)21)11-14-3-2-10-22-14/h1,4-9,14,16H,2-3,10-11,19H2. The second kappa shape index (κ2) is 6.42. The molecule has 0 radical (unpaired) electrons. The van der Waals surface area contributed by atoms with Gasteiger partial charge < -0.3 is 15.0 Å². The maximum Gasteiger partial charge on any atom is 0.255 e. The molecule has 1 aliphatic rings. The maximum atomic E-state index is 13.0. The summed E-state index contributed by atoms with van der Waals surface area (Å²) in [7, 11) is 0. The van der Waals surface area contributed by atoms with Gasteiger partial charge in [0.2, 0.25) is 0 Å². The smallest absolute Gasteiger partial charge is 0.255 e. The molecule has 0 amide bonds. The zero-order valence-corrected chi connectivity index (χ0v) is 12.2. The summed E-state index contributed by atoms with van der Waals surface area (Å²) in [5.41, 5.74) is 7.28. The Bertz CT molecular complexity index is 691. The SMILES string of the molecule is NC(c1ccc(F)cc1)c1cccn(CC2CCCO2)c1=O. The molecule has 0 bridgehead atoms. The molecule has 5 heteroatoms. The van der Waals surface area contributed by atoms with Crippen molar-refractivity contribution in [3.8, 4) is 0 Å². The van der Waals surface area contributed by atoms with Gasteiger partial charge in [-0.1, -0.05) is 18.2 Å². The molecule has 1 aromatic carbocycles. The van der Waals surface area contributed by atoms with Crippen LogP contribution in [0.3, 0.4) is 0 Å². The Balaban J connectivity index is 1.87. The number of hydrogen-bond donors (Lipinski definition) is 1. The van der Waals surface area contributed by atoms with Crippen molar-refractivity contribution >= 4 is 0 Å². The third-order valence-electron chi connectivity index (χ3n) is 4.04. The zero-order valence-electron chi connectivity index (χ0n) is 12.2. The molecule has 2 N–H and O–H groups in total. The van der Waals surface area contributed by atoms with Crippen molar-refractivity contribution in [1.29, 1.82) is 0 Å². The van der Waals surface area contributed by atoms with Crippen molar-refractivity contribution in [3.05, 3.63) is 69.9 Å². The lowest BCUT2D eigenvalue weighted by Crippen LogP contribution is -2.31. The number of benzene rings is 1. The molecule has 1 saturated heterocycles. The molecule has 1 aromatic heterocycles. The molecule has 116 valence electrons. The van der Waals surface area contributed by atoms with Gasteiger partial charge in [-0.25, -0.2) is 4.39 Å². The fourth-order valence-electron chi connectivity index (χ4n) is 2.79. The van der Waals surface area contributed by atoms with E-state index in [1.54, 1.807) is 29.0 Å². The Morgan fingerprint density at radius 2 is 2.09 bits per heavy atom. The molecule has 1 aliphatic heterocycles. The highest BCUT2D eigenvalue weighted by atomic mass is 19.1. The van der Waals surface area contributed by atoms with Gasteiger partial charge in [-0.2, -0.15) is 0 Å². The normalized spacial score (nSPS) is 19.3. The number of hydrogen-bond acceptors (Lipinski definition) is 3. The average molecular weight is 302 g/mol. The maximum absolute atomic E-state index is 13.0. The van der Waals surface area contributed by atoms with Crippen LogP contribution in [0, 0.1) is 5.82 Å². The van der Waals surface area contributed by atoms with E-state index in [0.717, 1.165) is 19.4 Å². The average Bonchev–Trinajstić information content (AvgIpc) is 3.02. The molecular formula is C17H19FN2O2. The van der Waals surface area contributed by atoms with Crippen LogP contribution in [0.5, 0.6) is 0 Å². The minimum atomic E-state index is -0.565. The molecule has 1 fully saturated rings. The van der Waals surface area contributed by atoms with E-state index in [1.807, 2.05) is 6.07 Å². The fourth-order valence-corrected chi connectivity index (χ4v) is 2.79. The van der Waals surface area contributed by atoms with Gasteiger partial charge in [-0.15, -0.1) is 0 Å². The number of ether oxygens (including phenoxy) is 1. The molecule has 0 spiro atoms. The molecule has 3 rings (SSSR count). The number of nitrogens with zero attached hydrogens (tertiary/aromatic N) is 1. The number of halogens is 1. The van der Waals surface area contributed by atoms with Crippen molar-refractivity contribution < 1.29 is 9.13 Å². The van der Waals surface area contributed by atoms with E-state index in [4.69, 9.17) is 10.5 Å². The molecule has 0 saturated carbocycles. The third-order valence-corrected chi connectivity index (χ3v) is 4.04. The Labute approximate surface area is 128 Å².